The number of primary amides is 1. The van der Waals surface area contributed by atoms with Gasteiger partial charge in [0.1, 0.15) is 22.8 Å². The Balaban J connectivity index is 2.09. The number of benzene rings is 1. The summed E-state index contributed by atoms with van der Waals surface area (Å²) in [5.41, 5.74) is 8.11. The molecule has 1 amide bonds. The number of aliphatic hydroxyl groups excluding tert-OH is 3. The Bertz CT molecular complexity index is 1230. The van der Waals surface area contributed by atoms with Crippen molar-refractivity contribution in [2.45, 2.75) is 37.5 Å². The van der Waals surface area contributed by atoms with E-state index in [1.54, 1.807) is 13.8 Å². The number of aromatic hydroxyl groups is 1. The Morgan fingerprint density at radius 1 is 1.18 bits per heavy atom. The largest absolute Gasteiger partial charge is 0.508 e. The molecule has 3 aliphatic carbocycles. The number of carbonyl (C=O) groups is 3. The summed E-state index contributed by atoms with van der Waals surface area (Å²) in [6, 6.07) is -0.0914. The number of nitrogen functional groups attached to an aromatic ring is 1. The molecule has 0 spiro atoms. The molecule has 3 unspecified atom stereocenters. The van der Waals surface area contributed by atoms with E-state index in [-0.39, 0.29) is 17.0 Å². The zero-order chi connectivity index (χ0) is 25.6. The van der Waals surface area contributed by atoms with Gasteiger partial charge in [0.2, 0.25) is 5.78 Å². The third-order valence-electron chi connectivity index (χ3n) is 7.48. The van der Waals surface area contributed by atoms with Crippen LogP contribution in [0.25, 0.3) is 5.76 Å². The number of hydrogen-bond donors (Lipinski definition) is 7. The molecule has 1 saturated carbocycles. The number of anilines is 1. The molecule has 0 bridgehead atoms. The van der Waals surface area contributed by atoms with Crippen LogP contribution in [-0.2, 0) is 14.4 Å². The minimum atomic E-state index is -2.93. The van der Waals surface area contributed by atoms with Gasteiger partial charge in [-0.3, -0.25) is 19.3 Å². The minimum absolute atomic E-state index is 0.126. The van der Waals surface area contributed by atoms with Crippen LogP contribution in [0.15, 0.2) is 23.0 Å². The highest BCUT2D eigenvalue weighted by Crippen LogP contribution is 2.57. The van der Waals surface area contributed by atoms with Crippen LogP contribution in [0.1, 0.15) is 29.5 Å². The second-order valence-electron chi connectivity index (χ2n) is 9.46. The van der Waals surface area contributed by atoms with Crippen LogP contribution < -0.4 is 11.5 Å². The smallest absolute Gasteiger partial charge is 0.255 e. The number of phenolic OH excluding ortho intramolecular Hbond substituents is 1. The van der Waals surface area contributed by atoms with Crippen LogP contribution in [-0.4, -0.2) is 79.7 Å². The van der Waals surface area contributed by atoms with Gasteiger partial charge in [0.05, 0.1) is 23.6 Å². The van der Waals surface area contributed by atoms with Crippen molar-refractivity contribution in [2.24, 2.45) is 17.6 Å². The molecule has 0 heterocycles. The van der Waals surface area contributed by atoms with Crippen molar-refractivity contribution in [2.75, 3.05) is 19.8 Å². The fourth-order valence-corrected chi connectivity index (χ4v) is 5.93. The van der Waals surface area contributed by atoms with Gasteiger partial charge < -0.3 is 37.0 Å². The molecule has 11 heteroatoms. The standard InChI is InChI=1S/C23H27N3O8/c1-6-5-8(27)11-9(15(6)24)7(2)10-12(17(11)28)20(31)23(34)14(18(10)29)16(26(3)4)19(30)13(21(23)32)22(25)33/h5,7,10,14,16,18,27-29,32,34H,24H2,1-4H3,(H2,25,33)/t7-,10?,14?,16-,18?,23-/m0/s1. The van der Waals surface area contributed by atoms with Crippen LogP contribution in [0.3, 0.4) is 0 Å². The number of amides is 1. The van der Waals surface area contributed by atoms with Gasteiger partial charge in [-0.15, -0.1) is 0 Å². The minimum Gasteiger partial charge on any atom is -0.508 e. The summed E-state index contributed by atoms with van der Waals surface area (Å²) >= 11 is 0. The Kier molecular flexibility index (Phi) is 5.09. The van der Waals surface area contributed by atoms with Gasteiger partial charge in [-0.2, -0.15) is 0 Å². The summed E-state index contributed by atoms with van der Waals surface area (Å²) in [5.74, 6) is -9.36. The quantitative estimate of drug-likeness (QED) is 0.165. The summed E-state index contributed by atoms with van der Waals surface area (Å²) in [6.45, 7) is 3.28. The number of phenols is 1. The second kappa shape index (κ2) is 7.29. The molecule has 0 aromatic heterocycles. The number of nitrogens with two attached hydrogens (primary N) is 2. The summed E-state index contributed by atoms with van der Waals surface area (Å²) in [6.07, 6.45) is -1.65. The van der Waals surface area contributed by atoms with Crippen molar-refractivity contribution in [3.63, 3.8) is 0 Å². The molecule has 6 atom stereocenters. The van der Waals surface area contributed by atoms with E-state index in [2.05, 4.69) is 0 Å². The van der Waals surface area contributed by atoms with Gasteiger partial charge in [-0.1, -0.05) is 6.92 Å². The predicted molar refractivity (Wildman–Crippen MR) is 119 cm³/mol. The fraction of sp³-hybridized carbons (Fsp3) is 0.435. The number of Topliss-reactive ketones (excluding diaryl/α,β-unsaturated/α-hetero) is 2. The first-order chi connectivity index (χ1) is 15.7. The number of nitrogens with zero attached hydrogens (tertiary/aromatic N) is 1. The van der Waals surface area contributed by atoms with Crippen molar-refractivity contribution >= 4 is 28.9 Å². The Morgan fingerprint density at radius 3 is 2.29 bits per heavy atom. The lowest BCUT2D eigenvalue weighted by Crippen LogP contribution is -2.70. The molecule has 0 aliphatic heterocycles. The third-order valence-corrected chi connectivity index (χ3v) is 7.48. The van der Waals surface area contributed by atoms with E-state index >= 15 is 0 Å². The number of carbonyl (C=O) groups excluding carboxylic acids is 3. The second-order valence-corrected chi connectivity index (χ2v) is 9.46. The van der Waals surface area contributed by atoms with Gasteiger partial charge in [0.15, 0.2) is 11.4 Å². The topological polar surface area (TPSA) is 208 Å². The summed E-state index contributed by atoms with van der Waals surface area (Å²) in [7, 11) is 2.89. The van der Waals surface area contributed by atoms with E-state index in [1.165, 1.54) is 25.1 Å². The van der Waals surface area contributed by atoms with Crippen molar-refractivity contribution in [3.8, 4) is 5.75 Å². The van der Waals surface area contributed by atoms with Crippen molar-refractivity contribution in [3.05, 3.63) is 39.7 Å². The molecule has 3 aliphatic rings. The molecule has 0 saturated heterocycles. The van der Waals surface area contributed by atoms with E-state index in [1.807, 2.05) is 0 Å². The van der Waals surface area contributed by atoms with Crippen LogP contribution in [0.4, 0.5) is 5.69 Å². The highest BCUT2D eigenvalue weighted by atomic mass is 16.4. The maximum Gasteiger partial charge on any atom is 0.255 e. The normalized spacial score (nSPS) is 33.1. The van der Waals surface area contributed by atoms with Gasteiger partial charge in [0.25, 0.3) is 5.91 Å². The molecule has 34 heavy (non-hydrogen) atoms. The summed E-state index contributed by atoms with van der Waals surface area (Å²) < 4.78 is 0. The first-order valence-corrected chi connectivity index (χ1v) is 10.6. The first-order valence-electron chi connectivity index (χ1n) is 10.6. The number of fused-ring (bicyclic) bond motifs is 3. The average Bonchev–Trinajstić information content (AvgIpc) is 2.73. The first kappa shape index (κ1) is 23.7. The van der Waals surface area contributed by atoms with E-state index in [0.29, 0.717) is 11.1 Å². The molecule has 4 rings (SSSR count). The molecule has 1 aromatic rings. The maximum atomic E-state index is 13.8. The fourth-order valence-electron chi connectivity index (χ4n) is 5.93. The summed E-state index contributed by atoms with van der Waals surface area (Å²) in [5, 5.41) is 55.6. The average molecular weight is 473 g/mol. The number of rotatable bonds is 2. The van der Waals surface area contributed by atoms with E-state index < -0.39 is 75.6 Å². The Labute approximate surface area is 194 Å². The van der Waals surface area contributed by atoms with Crippen LogP contribution >= 0.6 is 0 Å². The maximum absolute atomic E-state index is 13.8. The zero-order valence-electron chi connectivity index (χ0n) is 19.0. The van der Waals surface area contributed by atoms with Gasteiger partial charge in [0, 0.05) is 17.2 Å². The monoisotopic (exact) mass is 473 g/mol. The van der Waals surface area contributed by atoms with E-state index in [4.69, 9.17) is 11.5 Å². The van der Waals surface area contributed by atoms with Crippen molar-refractivity contribution < 1.29 is 39.9 Å². The van der Waals surface area contributed by atoms with Gasteiger partial charge in [-0.25, -0.2) is 0 Å². The highest BCUT2D eigenvalue weighted by Gasteiger charge is 2.68. The number of aliphatic hydroxyl groups is 4. The predicted octanol–water partition coefficient (Wildman–Crippen LogP) is -0.614. The van der Waals surface area contributed by atoms with E-state index in [9.17, 15) is 39.9 Å². The molecule has 1 aromatic carbocycles. The molecule has 1 fully saturated rings. The lowest BCUT2D eigenvalue weighted by atomic mass is 9.54. The third kappa shape index (κ3) is 2.65. The lowest BCUT2D eigenvalue weighted by Gasteiger charge is -2.53. The Morgan fingerprint density at radius 2 is 1.76 bits per heavy atom. The molecular formula is C23H27N3O8. The Hall–Kier alpha value is -3.41. The van der Waals surface area contributed by atoms with Crippen LogP contribution in [0.2, 0.25) is 0 Å². The van der Waals surface area contributed by atoms with Crippen molar-refractivity contribution in [1.82, 2.24) is 4.90 Å². The number of aryl methyl sites for hydroxylation is 1. The molecule has 0 radical (unpaired) electrons. The van der Waals surface area contributed by atoms with Gasteiger partial charge >= 0.3 is 0 Å². The van der Waals surface area contributed by atoms with E-state index in [0.717, 1.165) is 0 Å². The number of hydrogen-bond acceptors (Lipinski definition) is 10. The van der Waals surface area contributed by atoms with Crippen LogP contribution in [0, 0.1) is 18.8 Å². The zero-order valence-corrected chi connectivity index (χ0v) is 19.0. The molecular weight excluding hydrogens is 446 g/mol. The highest BCUT2D eigenvalue weighted by molar-refractivity contribution is 6.24. The van der Waals surface area contributed by atoms with Crippen molar-refractivity contribution in [1.29, 1.82) is 0 Å². The number of ketones is 2. The van der Waals surface area contributed by atoms with Crippen LogP contribution in [0.5, 0.6) is 5.75 Å². The summed E-state index contributed by atoms with van der Waals surface area (Å²) in [4.78, 5) is 40.2. The molecule has 11 nitrogen and oxygen atoms in total. The molecule has 182 valence electrons. The molecule has 9 N–H and O–H groups in total. The van der Waals surface area contributed by atoms with Gasteiger partial charge in [-0.05, 0) is 44.1 Å². The SMILES string of the molecule is Cc1cc(O)c2c(c1N)[C@H](C)C1C(=C2O)C(=O)[C@]2(O)C(O)=C(C(N)=O)C(=O)[C@@H](N(C)C)C2C1O. The number of likely N-dealkylation sites (N-methyl/N-ethyl adjacent to an activating group) is 1. The lowest BCUT2D eigenvalue weighted by molar-refractivity contribution is -0.169.